The fraction of sp³-hybridized carbons (Fsp3) is 0.382. The second-order valence-electron chi connectivity index (χ2n) is 10.9. The average molecular weight is 621 g/mol. The standard InChI is InChI=1S/C34H40N2O7S/c1-22-29(21-44-30-12-6-5-11-28(30)33(40)41)42-34(43-32(22)25-16-14-24(20-37)15-17-25)26-9-8-10-27(19-26)36-31(39)13-4-3-7-18-35-23(2)38/h5-6,8-12,14-17,19,22,29,32,34,37H,3-4,7,13,18,20-21H2,1-2H3,(H,35,38)(H,36,39)(H,40,41)/t22-,29+,32+,34+/m1/s1. The maximum Gasteiger partial charge on any atom is 0.336 e. The molecule has 0 bridgehead atoms. The van der Waals surface area contributed by atoms with Crippen LogP contribution in [0.4, 0.5) is 5.69 Å². The van der Waals surface area contributed by atoms with Crippen molar-refractivity contribution in [3.8, 4) is 0 Å². The molecule has 9 nitrogen and oxygen atoms in total. The molecule has 4 atom stereocenters. The smallest absolute Gasteiger partial charge is 0.336 e. The molecule has 0 saturated carbocycles. The molecule has 0 radical (unpaired) electrons. The summed E-state index contributed by atoms with van der Waals surface area (Å²) in [6.07, 6.45) is 1.44. The van der Waals surface area contributed by atoms with E-state index in [0.717, 1.165) is 36.0 Å². The number of thioether (sulfide) groups is 1. The van der Waals surface area contributed by atoms with Gasteiger partial charge in [0.1, 0.15) is 0 Å². The maximum atomic E-state index is 12.6. The second kappa shape index (κ2) is 16.4. The number of aliphatic hydroxyl groups is 1. The van der Waals surface area contributed by atoms with E-state index in [9.17, 15) is 24.6 Å². The third-order valence-corrected chi connectivity index (χ3v) is 8.70. The third-order valence-electron chi connectivity index (χ3n) is 7.54. The van der Waals surface area contributed by atoms with E-state index >= 15 is 0 Å². The summed E-state index contributed by atoms with van der Waals surface area (Å²) in [4.78, 5) is 36.0. The molecule has 3 aromatic carbocycles. The number of aromatic carboxylic acids is 1. The van der Waals surface area contributed by atoms with Crippen LogP contribution in [0.2, 0.25) is 0 Å². The molecule has 2 amide bonds. The van der Waals surface area contributed by atoms with Gasteiger partial charge in [-0.05, 0) is 48.2 Å². The first kappa shape index (κ1) is 33.2. The van der Waals surface area contributed by atoms with E-state index in [4.69, 9.17) is 9.47 Å². The number of anilines is 1. The highest BCUT2D eigenvalue weighted by Gasteiger charge is 2.38. The number of aliphatic hydroxyl groups excluding tert-OH is 1. The zero-order valence-corrected chi connectivity index (χ0v) is 25.8. The van der Waals surface area contributed by atoms with Crippen LogP contribution < -0.4 is 10.6 Å². The molecule has 0 aliphatic carbocycles. The summed E-state index contributed by atoms with van der Waals surface area (Å²) in [6.45, 7) is 4.10. The zero-order valence-electron chi connectivity index (χ0n) is 25.0. The van der Waals surface area contributed by atoms with Gasteiger partial charge in [-0.3, -0.25) is 9.59 Å². The molecule has 1 heterocycles. The quantitative estimate of drug-likeness (QED) is 0.126. The first-order valence-corrected chi connectivity index (χ1v) is 15.8. The van der Waals surface area contributed by atoms with Gasteiger partial charge in [0.05, 0.1) is 24.4 Å². The lowest BCUT2D eigenvalue weighted by molar-refractivity contribution is -0.268. The third kappa shape index (κ3) is 9.40. The van der Waals surface area contributed by atoms with Crippen LogP contribution in [-0.4, -0.2) is 46.4 Å². The molecule has 0 aromatic heterocycles. The van der Waals surface area contributed by atoms with Gasteiger partial charge < -0.3 is 30.3 Å². The number of hydrogen-bond donors (Lipinski definition) is 4. The van der Waals surface area contributed by atoms with Gasteiger partial charge in [0.15, 0.2) is 6.29 Å². The van der Waals surface area contributed by atoms with Gasteiger partial charge in [0.2, 0.25) is 11.8 Å². The van der Waals surface area contributed by atoms with Gasteiger partial charge >= 0.3 is 5.97 Å². The Hall–Kier alpha value is -3.70. The van der Waals surface area contributed by atoms with Crippen LogP contribution in [0.1, 0.15) is 79.0 Å². The Labute approximate surface area is 262 Å². The molecule has 10 heteroatoms. The first-order valence-electron chi connectivity index (χ1n) is 14.8. The molecule has 1 aliphatic rings. The summed E-state index contributed by atoms with van der Waals surface area (Å²) in [5.41, 5.74) is 3.40. The van der Waals surface area contributed by atoms with E-state index in [2.05, 4.69) is 17.6 Å². The zero-order chi connectivity index (χ0) is 31.5. The van der Waals surface area contributed by atoms with Crippen molar-refractivity contribution in [2.45, 2.75) is 69.5 Å². The fourth-order valence-electron chi connectivity index (χ4n) is 5.09. The van der Waals surface area contributed by atoms with Crippen molar-refractivity contribution in [1.82, 2.24) is 5.32 Å². The SMILES string of the molecule is CC(=O)NCCCCCC(=O)Nc1cccc([C@H]2O[C@@H](CSc3ccccc3C(=O)O)[C@@H](C)[C@@H](c3ccc(CO)cc3)O2)c1. The predicted octanol–water partition coefficient (Wildman–Crippen LogP) is 6.10. The summed E-state index contributed by atoms with van der Waals surface area (Å²) in [5, 5.41) is 24.9. The van der Waals surface area contributed by atoms with E-state index in [-0.39, 0.29) is 42.1 Å². The van der Waals surface area contributed by atoms with Crippen molar-refractivity contribution in [3.05, 3.63) is 95.1 Å². The van der Waals surface area contributed by atoms with E-state index in [1.807, 2.05) is 54.6 Å². The number of carboxylic acids is 1. The topological polar surface area (TPSA) is 134 Å². The number of benzene rings is 3. The van der Waals surface area contributed by atoms with Crippen molar-refractivity contribution in [1.29, 1.82) is 0 Å². The Morgan fingerprint density at radius 2 is 1.68 bits per heavy atom. The number of amides is 2. The molecule has 1 saturated heterocycles. The van der Waals surface area contributed by atoms with Crippen molar-refractivity contribution in [3.63, 3.8) is 0 Å². The van der Waals surface area contributed by atoms with Crippen LogP contribution in [-0.2, 0) is 25.7 Å². The van der Waals surface area contributed by atoms with Crippen molar-refractivity contribution < 1.29 is 34.1 Å². The van der Waals surface area contributed by atoms with Gasteiger partial charge in [-0.15, -0.1) is 11.8 Å². The molecule has 0 unspecified atom stereocenters. The Morgan fingerprint density at radius 1 is 0.909 bits per heavy atom. The normalized spacial score (nSPS) is 19.7. The first-order chi connectivity index (χ1) is 21.2. The summed E-state index contributed by atoms with van der Waals surface area (Å²) < 4.78 is 13.0. The maximum absolute atomic E-state index is 12.6. The van der Waals surface area contributed by atoms with E-state index in [0.29, 0.717) is 29.3 Å². The fourth-order valence-corrected chi connectivity index (χ4v) is 6.30. The number of carbonyl (C=O) groups excluding carboxylic acids is 2. The highest BCUT2D eigenvalue weighted by molar-refractivity contribution is 7.99. The summed E-state index contributed by atoms with van der Waals surface area (Å²) in [6, 6.07) is 22.0. The Balaban J connectivity index is 1.47. The highest BCUT2D eigenvalue weighted by Crippen LogP contribution is 2.43. The monoisotopic (exact) mass is 620 g/mol. The van der Waals surface area contributed by atoms with E-state index < -0.39 is 12.3 Å². The van der Waals surface area contributed by atoms with Crippen LogP contribution in [0.25, 0.3) is 0 Å². The Kier molecular flexibility index (Phi) is 12.4. The molecule has 234 valence electrons. The molecule has 1 aliphatic heterocycles. The summed E-state index contributed by atoms with van der Waals surface area (Å²) in [7, 11) is 0. The number of carboxylic acid groups (broad SMARTS) is 1. The average Bonchev–Trinajstić information content (AvgIpc) is 3.02. The van der Waals surface area contributed by atoms with Gasteiger partial charge in [0.25, 0.3) is 0 Å². The lowest BCUT2D eigenvalue weighted by Crippen LogP contribution is -2.38. The minimum atomic E-state index is -0.974. The minimum Gasteiger partial charge on any atom is -0.478 e. The highest BCUT2D eigenvalue weighted by atomic mass is 32.2. The predicted molar refractivity (Wildman–Crippen MR) is 169 cm³/mol. The molecular formula is C34H40N2O7S. The Morgan fingerprint density at radius 3 is 2.41 bits per heavy atom. The number of unbranched alkanes of at least 4 members (excludes halogenated alkanes) is 2. The number of carbonyl (C=O) groups is 3. The van der Waals surface area contributed by atoms with Gasteiger partial charge in [-0.2, -0.15) is 0 Å². The van der Waals surface area contributed by atoms with E-state index in [1.54, 1.807) is 18.2 Å². The van der Waals surface area contributed by atoms with Gasteiger partial charge in [0, 0.05) is 47.7 Å². The summed E-state index contributed by atoms with van der Waals surface area (Å²) in [5.74, 6) is -0.673. The molecule has 1 fully saturated rings. The van der Waals surface area contributed by atoms with Crippen LogP contribution in [0.15, 0.2) is 77.7 Å². The van der Waals surface area contributed by atoms with Crippen LogP contribution in [0.3, 0.4) is 0 Å². The van der Waals surface area contributed by atoms with Gasteiger partial charge in [-0.25, -0.2) is 4.79 Å². The molecule has 44 heavy (non-hydrogen) atoms. The Bertz CT molecular complexity index is 1410. The van der Waals surface area contributed by atoms with Crippen molar-refractivity contribution >= 4 is 35.2 Å². The van der Waals surface area contributed by atoms with Crippen LogP contribution in [0, 0.1) is 5.92 Å². The number of hydrogen-bond acceptors (Lipinski definition) is 7. The number of nitrogens with one attached hydrogen (secondary N) is 2. The number of rotatable bonds is 14. The molecule has 4 rings (SSSR count). The molecular weight excluding hydrogens is 580 g/mol. The summed E-state index contributed by atoms with van der Waals surface area (Å²) >= 11 is 1.44. The van der Waals surface area contributed by atoms with Crippen molar-refractivity contribution in [2.24, 2.45) is 5.92 Å². The van der Waals surface area contributed by atoms with E-state index in [1.165, 1.54) is 18.7 Å². The van der Waals surface area contributed by atoms with Gasteiger partial charge in [-0.1, -0.05) is 61.9 Å². The molecule has 4 N–H and O–H groups in total. The largest absolute Gasteiger partial charge is 0.478 e. The minimum absolute atomic E-state index is 0.0507. The lowest BCUT2D eigenvalue weighted by Gasteiger charge is -2.41. The second-order valence-corrected chi connectivity index (χ2v) is 12.0. The number of ether oxygens (including phenoxy) is 2. The van der Waals surface area contributed by atoms with Crippen LogP contribution in [0.5, 0.6) is 0 Å². The van der Waals surface area contributed by atoms with Crippen molar-refractivity contribution in [2.75, 3.05) is 17.6 Å². The van der Waals surface area contributed by atoms with Crippen LogP contribution >= 0.6 is 11.8 Å². The molecule has 3 aromatic rings. The molecule has 0 spiro atoms. The lowest BCUT2D eigenvalue weighted by atomic mass is 9.91.